The number of rotatable bonds is 8. The van der Waals surface area contributed by atoms with E-state index in [2.05, 4.69) is 9.88 Å². The quantitative estimate of drug-likeness (QED) is 0.561. The molecule has 3 aromatic rings. The molecule has 0 unspecified atom stereocenters. The Kier molecular flexibility index (Phi) is 6.91. The first-order valence-electron chi connectivity index (χ1n) is 10.6. The van der Waals surface area contributed by atoms with E-state index in [-0.39, 0.29) is 12.4 Å². The zero-order valence-corrected chi connectivity index (χ0v) is 17.6. The molecule has 1 fully saturated rings. The van der Waals surface area contributed by atoms with E-state index in [4.69, 9.17) is 14.8 Å². The van der Waals surface area contributed by atoms with E-state index < -0.39 is 5.97 Å². The normalized spacial score (nSPS) is 14.3. The minimum atomic E-state index is -0.946. The molecule has 1 aliphatic rings. The van der Waals surface area contributed by atoms with E-state index in [9.17, 15) is 9.18 Å². The van der Waals surface area contributed by atoms with Gasteiger partial charge in [0, 0.05) is 24.5 Å². The van der Waals surface area contributed by atoms with Gasteiger partial charge in [0.25, 0.3) is 0 Å². The van der Waals surface area contributed by atoms with Crippen molar-refractivity contribution in [2.45, 2.75) is 12.8 Å². The molecular formula is C24H25FN4O3. The van der Waals surface area contributed by atoms with Crippen molar-refractivity contribution in [1.82, 2.24) is 9.97 Å². The number of para-hydroxylation sites is 1. The molecule has 0 amide bonds. The molecule has 0 aliphatic carbocycles. The zero-order chi connectivity index (χ0) is 22.3. The highest BCUT2D eigenvalue weighted by Crippen LogP contribution is 2.34. The van der Waals surface area contributed by atoms with Crippen LogP contribution in [-0.4, -0.2) is 47.3 Å². The van der Waals surface area contributed by atoms with E-state index in [1.165, 1.54) is 12.1 Å². The van der Waals surface area contributed by atoms with Crippen LogP contribution >= 0.6 is 0 Å². The average molecular weight is 436 g/mol. The van der Waals surface area contributed by atoms with Crippen LogP contribution in [0.3, 0.4) is 0 Å². The maximum atomic E-state index is 13.5. The first-order chi connectivity index (χ1) is 15.6. The molecule has 2 aromatic carbocycles. The Hall–Kier alpha value is -3.52. The number of anilines is 4. The summed E-state index contributed by atoms with van der Waals surface area (Å²) in [6.07, 6.45) is 5.24. The molecule has 1 aliphatic heterocycles. The van der Waals surface area contributed by atoms with E-state index >= 15 is 0 Å². The predicted octanol–water partition coefficient (Wildman–Crippen LogP) is 4.40. The minimum Gasteiger partial charge on any atom is -0.480 e. The summed E-state index contributed by atoms with van der Waals surface area (Å²) >= 11 is 0. The van der Waals surface area contributed by atoms with Crippen LogP contribution in [0.2, 0.25) is 0 Å². The van der Waals surface area contributed by atoms with Crippen molar-refractivity contribution < 1.29 is 19.0 Å². The summed E-state index contributed by atoms with van der Waals surface area (Å²) in [5.74, 6) is 0.514. The lowest BCUT2D eigenvalue weighted by molar-refractivity contribution is -0.142. The highest BCUT2D eigenvalue weighted by atomic mass is 19.1. The Balaban J connectivity index is 1.52. The van der Waals surface area contributed by atoms with Crippen molar-refractivity contribution in [1.29, 1.82) is 0 Å². The number of carbonyl (C=O) groups is 1. The molecule has 1 saturated heterocycles. The van der Waals surface area contributed by atoms with E-state index in [1.807, 2.05) is 35.2 Å². The van der Waals surface area contributed by atoms with Gasteiger partial charge in [-0.2, -0.15) is 0 Å². The monoisotopic (exact) mass is 436 g/mol. The van der Waals surface area contributed by atoms with Crippen molar-refractivity contribution in [2.24, 2.45) is 5.92 Å². The van der Waals surface area contributed by atoms with Crippen LogP contribution in [-0.2, 0) is 9.53 Å². The van der Waals surface area contributed by atoms with Gasteiger partial charge in [-0.05, 0) is 55.2 Å². The lowest BCUT2D eigenvalue weighted by Gasteiger charge is -2.33. The number of piperidine rings is 1. The number of hydrogen-bond acceptors (Lipinski definition) is 6. The molecule has 2 heterocycles. The first-order valence-corrected chi connectivity index (χ1v) is 10.6. The SMILES string of the molecule is O=C(O)COCC1CCN(c2cncc(N(c3ccccc3)c3ccc(F)cc3)n2)CC1. The zero-order valence-electron chi connectivity index (χ0n) is 17.6. The van der Waals surface area contributed by atoms with Gasteiger partial charge in [0.05, 0.1) is 19.0 Å². The summed E-state index contributed by atoms with van der Waals surface area (Å²) < 4.78 is 18.8. The van der Waals surface area contributed by atoms with Crippen LogP contribution < -0.4 is 9.80 Å². The fraction of sp³-hybridized carbons (Fsp3) is 0.292. The van der Waals surface area contributed by atoms with Crippen molar-refractivity contribution >= 4 is 29.0 Å². The number of aliphatic carboxylic acids is 1. The Labute approximate surface area is 186 Å². The lowest BCUT2D eigenvalue weighted by Crippen LogP contribution is -2.36. The number of ether oxygens (including phenoxy) is 1. The smallest absolute Gasteiger partial charge is 0.329 e. The molecule has 0 atom stereocenters. The molecule has 0 spiro atoms. The van der Waals surface area contributed by atoms with Gasteiger partial charge in [0.2, 0.25) is 0 Å². The molecule has 8 heteroatoms. The Bertz CT molecular complexity index is 1020. The summed E-state index contributed by atoms with van der Waals surface area (Å²) in [6.45, 7) is 1.78. The van der Waals surface area contributed by atoms with Crippen molar-refractivity contribution in [3.8, 4) is 0 Å². The van der Waals surface area contributed by atoms with Gasteiger partial charge in [-0.25, -0.2) is 14.2 Å². The Morgan fingerprint density at radius 1 is 1.06 bits per heavy atom. The number of carboxylic acids is 1. The molecule has 7 nitrogen and oxygen atoms in total. The van der Waals surface area contributed by atoms with Gasteiger partial charge in [0.1, 0.15) is 18.2 Å². The van der Waals surface area contributed by atoms with E-state index in [1.54, 1.807) is 24.5 Å². The molecule has 0 radical (unpaired) electrons. The number of nitrogens with zero attached hydrogens (tertiary/aromatic N) is 4. The highest BCUT2D eigenvalue weighted by Gasteiger charge is 2.22. The summed E-state index contributed by atoms with van der Waals surface area (Å²) in [5, 5.41) is 8.71. The van der Waals surface area contributed by atoms with Gasteiger partial charge in [0.15, 0.2) is 5.82 Å². The summed E-state index contributed by atoms with van der Waals surface area (Å²) in [4.78, 5) is 24.0. The molecule has 166 valence electrons. The lowest BCUT2D eigenvalue weighted by atomic mass is 9.98. The standard InChI is InChI=1S/C24H25FN4O3/c25-19-6-8-21(9-7-19)29(20-4-2-1-3-5-20)23-15-26-14-22(27-23)28-12-10-18(11-13-28)16-32-17-24(30)31/h1-9,14-15,18H,10-13,16-17H2,(H,30,31). The third kappa shape index (κ3) is 5.39. The second-order valence-electron chi connectivity index (χ2n) is 7.72. The fourth-order valence-electron chi connectivity index (χ4n) is 3.83. The van der Waals surface area contributed by atoms with Crippen LogP contribution in [0.5, 0.6) is 0 Å². The Morgan fingerprint density at radius 2 is 1.75 bits per heavy atom. The minimum absolute atomic E-state index is 0.257. The van der Waals surface area contributed by atoms with Crippen molar-refractivity contribution in [2.75, 3.05) is 36.1 Å². The molecule has 32 heavy (non-hydrogen) atoms. The molecule has 1 aromatic heterocycles. The van der Waals surface area contributed by atoms with Crippen LogP contribution in [0.25, 0.3) is 0 Å². The third-order valence-electron chi connectivity index (χ3n) is 5.46. The molecular weight excluding hydrogens is 411 g/mol. The average Bonchev–Trinajstić information content (AvgIpc) is 2.82. The van der Waals surface area contributed by atoms with Gasteiger partial charge in [-0.3, -0.25) is 9.88 Å². The largest absolute Gasteiger partial charge is 0.480 e. The number of carboxylic acid groups (broad SMARTS) is 1. The fourth-order valence-corrected chi connectivity index (χ4v) is 3.83. The highest BCUT2D eigenvalue weighted by molar-refractivity contribution is 5.74. The second kappa shape index (κ2) is 10.2. The van der Waals surface area contributed by atoms with E-state index in [0.717, 1.165) is 43.1 Å². The summed E-state index contributed by atoms with van der Waals surface area (Å²) in [5.41, 5.74) is 1.69. The first kappa shape index (κ1) is 21.7. The molecule has 0 saturated carbocycles. The summed E-state index contributed by atoms with van der Waals surface area (Å²) in [6, 6.07) is 16.1. The topological polar surface area (TPSA) is 78.8 Å². The van der Waals surface area contributed by atoms with Gasteiger partial charge >= 0.3 is 5.97 Å². The molecule has 4 rings (SSSR count). The van der Waals surface area contributed by atoms with Gasteiger partial charge in [-0.1, -0.05) is 18.2 Å². The number of benzene rings is 2. The number of hydrogen-bond donors (Lipinski definition) is 1. The van der Waals surface area contributed by atoms with Crippen molar-refractivity contribution in [3.63, 3.8) is 0 Å². The summed E-state index contributed by atoms with van der Waals surface area (Å²) in [7, 11) is 0. The number of halogens is 1. The third-order valence-corrected chi connectivity index (χ3v) is 5.46. The van der Waals surface area contributed by atoms with Crippen LogP contribution in [0.4, 0.5) is 27.4 Å². The molecule has 1 N–H and O–H groups in total. The van der Waals surface area contributed by atoms with Crippen LogP contribution in [0.1, 0.15) is 12.8 Å². The number of aromatic nitrogens is 2. The molecule has 0 bridgehead atoms. The second-order valence-corrected chi connectivity index (χ2v) is 7.72. The maximum Gasteiger partial charge on any atom is 0.329 e. The van der Waals surface area contributed by atoms with Crippen LogP contribution in [0.15, 0.2) is 67.0 Å². The van der Waals surface area contributed by atoms with Gasteiger partial charge < -0.3 is 14.7 Å². The van der Waals surface area contributed by atoms with Crippen LogP contribution in [0, 0.1) is 11.7 Å². The van der Waals surface area contributed by atoms with Gasteiger partial charge in [-0.15, -0.1) is 0 Å². The Morgan fingerprint density at radius 3 is 2.44 bits per heavy atom. The van der Waals surface area contributed by atoms with E-state index in [0.29, 0.717) is 18.3 Å². The van der Waals surface area contributed by atoms with Crippen molar-refractivity contribution in [3.05, 3.63) is 72.8 Å². The maximum absolute atomic E-state index is 13.5. The predicted molar refractivity (Wildman–Crippen MR) is 120 cm³/mol.